The van der Waals surface area contributed by atoms with Crippen LogP contribution >= 0.6 is 0 Å². The minimum Gasteiger partial charge on any atom is -0.496 e. The van der Waals surface area contributed by atoms with E-state index in [0.29, 0.717) is 28.9 Å². The lowest BCUT2D eigenvalue weighted by Gasteiger charge is -2.14. The van der Waals surface area contributed by atoms with E-state index in [0.717, 1.165) is 0 Å². The summed E-state index contributed by atoms with van der Waals surface area (Å²) in [6.07, 6.45) is 0.615. The number of carbonyl (C=O) groups excluding carboxylic acids is 1. The highest BCUT2D eigenvalue weighted by molar-refractivity contribution is 5.91. The van der Waals surface area contributed by atoms with Crippen LogP contribution in [0.15, 0.2) is 36.4 Å². The third kappa shape index (κ3) is 2.42. The Kier molecular flexibility index (Phi) is 3.80. The molecule has 98 valence electrons. The smallest absolute Gasteiger partial charge is 0.150 e. The van der Waals surface area contributed by atoms with Crippen molar-refractivity contribution in [2.75, 3.05) is 14.2 Å². The Morgan fingerprint density at radius 2 is 1.68 bits per heavy atom. The first-order valence-electron chi connectivity index (χ1n) is 5.67. The van der Waals surface area contributed by atoms with Crippen LogP contribution in [0.1, 0.15) is 10.4 Å². The fourth-order valence-corrected chi connectivity index (χ4v) is 1.98. The maximum absolute atomic E-state index is 13.2. The first-order chi connectivity index (χ1) is 9.21. The van der Waals surface area contributed by atoms with Gasteiger partial charge in [-0.2, -0.15) is 0 Å². The van der Waals surface area contributed by atoms with Gasteiger partial charge in [-0.15, -0.1) is 0 Å². The van der Waals surface area contributed by atoms with Crippen LogP contribution in [0.5, 0.6) is 11.5 Å². The fourth-order valence-electron chi connectivity index (χ4n) is 1.98. The molecule has 0 atom stereocenters. The second-order valence-electron chi connectivity index (χ2n) is 3.89. The molecule has 0 aliphatic rings. The molecule has 2 aromatic carbocycles. The molecule has 0 fully saturated rings. The molecule has 0 unspecified atom stereocenters. The number of benzene rings is 2. The molecule has 19 heavy (non-hydrogen) atoms. The molecule has 0 radical (unpaired) electrons. The van der Waals surface area contributed by atoms with Crippen molar-refractivity contribution in [1.29, 1.82) is 0 Å². The molecular weight excluding hydrogens is 247 g/mol. The highest BCUT2D eigenvalue weighted by Gasteiger charge is 2.15. The third-order valence-corrected chi connectivity index (χ3v) is 2.84. The fraction of sp³-hybridized carbons (Fsp3) is 0.133. The molecule has 0 amide bonds. The monoisotopic (exact) mass is 260 g/mol. The summed E-state index contributed by atoms with van der Waals surface area (Å²) in [5, 5.41) is 0. The minimum atomic E-state index is -0.459. The maximum atomic E-state index is 13.2. The molecule has 0 aromatic heterocycles. The van der Waals surface area contributed by atoms with E-state index in [2.05, 4.69) is 0 Å². The SMILES string of the molecule is COc1cccc(OC)c1-c1ccc(F)cc1C=O. The number of methoxy groups -OCH3 is 2. The second-order valence-corrected chi connectivity index (χ2v) is 3.89. The summed E-state index contributed by atoms with van der Waals surface area (Å²) in [5.74, 6) is 0.669. The summed E-state index contributed by atoms with van der Waals surface area (Å²) in [5.41, 5.74) is 1.46. The van der Waals surface area contributed by atoms with Crippen LogP contribution in [0.3, 0.4) is 0 Å². The van der Waals surface area contributed by atoms with Crippen molar-refractivity contribution in [3.05, 3.63) is 47.8 Å². The lowest BCUT2D eigenvalue weighted by Crippen LogP contribution is -1.96. The van der Waals surface area contributed by atoms with Crippen LogP contribution in [0, 0.1) is 5.82 Å². The van der Waals surface area contributed by atoms with Crippen molar-refractivity contribution in [3.8, 4) is 22.6 Å². The molecule has 0 aliphatic carbocycles. The second kappa shape index (κ2) is 5.52. The molecule has 2 aromatic rings. The van der Waals surface area contributed by atoms with Crippen LogP contribution in [0.25, 0.3) is 11.1 Å². The Hall–Kier alpha value is -2.36. The van der Waals surface area contributed by atoms with E-state index < -0.39 is 5.82 Å². The molecule has 0 bridgehead atoms. The van der Waals surface area contributed by atoms with Crippen LogP contribution in [-0.4, -0.2) is 20.5 Å². The van der Waals surface area contributed by atoms with Crippen molar-refractivity contribution in [2.24, 2.45) is 0 Å². The molecule has 0 aliphatic heterocycles. The maximum Gasteiger partial charge on any atom is 0.150 e. The largest absolute Gasteiger partial charge is 0.496 e. The van der Waals surface area contributed by atoms with Gasteiger partial charge in [0.15, 0.2) is 6.29 Å². The number of halogens is 1. The van der Waals surface area contributed by atoms with E-state index in [1.165, 1.54) is 26.4 Å². The van der Waals surface area contributed by atoms with E-state index in [1.54, 1.807) is 24.3 Å². The Balaban J connectivity index is 2.73. The van der Waals surface area contributed by atoms with Gasteiger partial charge in [-0.3, -0.25) is 4.79 Å². The third-order valence-electron chi connectivity index (χ3n) is 2.84. The van der Waals surface area contributed by atoms with E-state index in [1.807, 2.05) is 0 Å². The number of carbonyl (C=O) groups is 1. The highest BCUT2D eigenvalue weighted by atomic mass is 19.1. The minimum absolute atomic E-state index is 0.253. The van der Waals surface area contributed by atoms with E-state index in [4.69, 9.17) is 9.47 Å². The molecule has 4 heteroatoms. The Morgan fingerprint density at radius 1 is 1.05 bits per heavy atom. The molecule has 0 N–H and O–H groups in total. The number of ether oxygens (including phenoxy) is 2. The molecule has 2 rings (SSSR count). The van der Waals surface area contributed by atoms with E-state index in [9.17, 15) is 9.18 Å². The van der Waals surface area contributed by atoms with Crippen molar-refractivity contribution in [1.82, 2.24) is 0 Å². The Labute approximate surface area is 110 Å². The first-order valence-corrected chi connectivity index (χ1v) is 5.67. The Bertz CT molecular complexity index is 586. The van der Waals surface area contributed by atoms with Crippen molar-refractivity contribution < 1.29 is 18.7 Å². The molecule has 3 nitrogen and oxygen atoms in total. The van der Waals surface area contributed by atoms with Gasteiger partial charge in [-0.25, -0.2) is 4.39 Å². The van der Waals surface area contributed by atoms with Gasteiger partial charge in [-0.1, -0.05) is 12.1 Å². The van der Waals surface area contributed by atoms with Gasteiger partial charge in [-0.05, 0) is 29.8 Å². The predicted octanol–water partition coefficient (Wildman–Crippen LogP) is 3.32. The van der Waals surface area contributed by atoms with Gasteiger partial charge in [0.25, 0.3) is 0 Å². The molecule has 0 heterocycles. The number of rotatable bonds is 4. The molecule has 0 spiro atoms. The van der Waals surface area contributed by atoms with Crippen molar-refractivity contribution in [2.45, 2.75) is 0 Å². The standard InChI is InChI=1S/C15H13FO3/c1-18-13-4-3-5-14(19-2)15(13)12-7-6-11(16)8-10(12)9-17/h3-9H,1-2H3. The van der Waals surface area contributed by atoms with E-state index >= 15 is 0 Å². The zero-order chi connectivity index (χ0) is 13.8. The summed E-state index contributed by atoms with van der Waals surface area (Å²) in [7, 11) is 3.06. The van der Waals surface area contributed by atoms with Crippen molar-refractivity contribution >= 4 is 6.29 Å². The van der Waals surface area contributed by atoms with Crippen LogP contribution < -0.4 is 9.47 Å². The lowest BCUT2D eigenvalue weighted by atomic mass is 9.98. The van der Waals surface area contributed by atoms with Gasteiger partial charge in [0, 0.05) is 5.56 Å². The van der Waals surface area contributed by atoms with Crippen LogP contribution in [0.2, 0.25) is 0 Å². The van der Waals surface area contributed by atoms with E-state index in [-0.39, 0.29) is 5.56 Å². The highest BCUT2D eigenvalue weighted by Crippen LogP contribution is 2.39. The summed E-state index contributed by atoms with van der Waals surface area (Å²) < 4.78 is 23.8. The molecule has 0 saturated heterocycles. The summed E-state index contributed by atoms with van der Waals surface area (Å²) in [6.45, 7) is 0. The average molecular weight is 260 g/mol. The molecule has 0 saturated carbocycles. The normalized spacial score (nSPS) is 10.1. The first kappa shape index (κ1) is 13.1. The summed E-state index contributed by atoms with van der Waals surface area (Å²) in [6, 6.07) is 9.33. The van der Waals surface area contributed by atoms with Crippen LogP contribution in [0.4, 0.5) is 4.39 Å². The summed E-state index contributed by atoms with van der Waals surface area (Å²) in [4.78, 5) is 11.1. The lowest BCUT2D eigenvalue weighted by molar-refractivity contribution is 0.112. The average Bonchev–Trinajstić information content (AvgIpc) is 2.46. The van der Waals surface area contributed by atoms with Crippen LogP contribution in [-0.2, 0) is 0 Å². The number of hydrogen-bond donors (Lipinski definition) is 0. The van der Waals surface area contributed by atoms with Gasteiger partial charge in [0.05, 0.1) is 19.8 Å². The van der Waals surface area contributed by atoms with Gasteiger partial charge in [0.2, 0.25) is 0 Å². The molecular formula is C15H13FO3. The van der Waals surface area contributed by atoms with Gasteiger partial charge >= 0.3 is 0 Å². The summed E-state index contributed by atoms with van der Waals surface area (Å²) >= 11 is 0. The topological polar surface area (TPSA) is 35.5 Å². The van der Waals surface area contributed by atoms with Gasteiger partial charge in [0.1, 0.15) is 17.3 Å². The number of hydrogen-bond acceptors (Lipinski definition) is 3. The zero-order valence-electron chi connectivity index (χ0n) is 10.6. The Morgan fingerprint density at radius 3 is 2.21 bits per heavy atom. The van der Waals surface area contributed by atoms with Crippen molar-refractivity contribution in [3.63, 3.8) is 0 Å². The zero-order valence-corrected chi connectivity index (χ0v) is 10.6. The van der Waals surface area contributed by atoms with Gasteiger partial charge < -0.3 is 9.47 Å². The predicted molar refractivity (Wildman–Crippen MR) is 70.3 cm³/mol. The number of aldehydes is 1. The quantitative estimate of drug-likeness (QED) is 0.791.